The quantitative estimate of drug-likeness (QED) is 0.150. The Morgan fingerprint density at radius 1 is 0.950 bits per heavy atom. The van der Waals surface area contributed by atoms with Gasteiger partial charge in [0, 0.05) is 39.0 Å². The highest BCUT2D eigenvalue weighted by molar-refractivity contribution is 7.86. The summed E-state index contributed by atoms with van der Waals surface area (Å²) in [5.41, 5.74) is 9.72. The molecule has 2 heterocycles. The van der Waals surface area contributed by atoms with Gasteiger partial charge in [-0.05, 0) is 45.0 Å². The first-order chi connectivity index (χ1) is 18.6. The van der Waals surface area contributed by atoms with E-state index in [0.29, 0.717) is 6.54 Å². The number of hydrogen-bond donors (Lipinski definition) is 5. The van der Waals surface area contributed by atoms with E-state index in [1.54, 1.807) is 36.8 Å². The highest BCUT2D eigenvalue weighted by atomic mass is 32.2. The van der Waals surface area contributed by atoms with Crippen molar-refractivity contribution in [3.63, 3.8) is 0 Å². The number of imidazole rings is 2. The van der Waals surface area contributed by atoms with E-state index in [0.717, 1.165) is 35.5 Å². The van der Waals surface area contributed by atoms with Crippen LogP contribution in [0.15, 0.2) is 83.4 Å². The average Bonchev–Trinajstić information content (AvgIpc) is 3.55. The topological polar surface area (TPSA) is 193 Å². The fraction of sp³-hybridized carbons (Fsp3) is 0.308. The minimum atomic E-state index is -4.02. The Morgan fingerprint density at radius 2 is 1.45 bits per heavy atom. The molecule has 0 aliphatic rings. The fourth-order valence-corrected chi connectivity index (χ4v) is 4.20. The van der Waals surface area contributed by atoms with Crippen LogP contribution in [0.25, 0.3) is 0 Å². The number of rotatable bonds is 8. The maximum atomic E-state index is 10.5. The summed E-state index contributed by atoms with van der Waals surface area (Å²) in [5.74, 6) is 0. The van der Waals surface area contributed by atoms with Crippen LogP contribution in [0.5, 0.6) is 0 Å². The van der Waals surface area contributed by atoms with Crippen LogP contribution in [0.2, 0.25) is 0 Å². The van der Waals surface area contributed by atoms with Crippen LogP contribution in [0.1, 0.15) is 29.4 Å². The molecule has 12 nitrogen and oxygen atoms in total. The second kappa shape index (κ2) is 14.3. The molecule has 218 valence electrons. The van der Waals surface area contributed by atoms with Gasteiger partial charge >= 0.3 is 0 Å². The zero-order valence-corrected chi connectivity index (χ0v) is 24.4. The zero-order valence-electron chi connectivity index (χ0n) is 22.8. The van der Waals surface area contributed by atoms with Crippen molar-refractivity contribution in [1.29, 1.82) is 0 Å². The Hall–Kier alpha value is -3.40. The lowest BCUT2D eigenvalue weighted by molar-refractivity contribution is 0.438. The van der Waals surface area contributed by atoms with Crippen molar-refractivity contribution in [2.75, 3.05) is 13.1 Å². The number of nitrogens with two attached hydrogens (primary N) is 1. The lowest BCUT2D eigenvalue weighted by Gasteiger charge is -2.23. The van der Waals surface area contributed by atoms with Gasteiger partial charge in [-0.25, -0.2) is 9.97 Å². The van der Waals surface area contributed by atoms with Crippen molar-refractivity contribution in [2.24, 2.45) is 12.8 Å². The lowest BCUT2D eigenvalue weighted by atomic mass is 10.0. The van der Waals surface area contributed by atoms with Crippen LogP contribution in [0, 0.1) is 13.8 Å². The van der Waals surface area contributed by atoms with Crippen LogP contribution in [-0.4, -0.2) is 58.5 Å². The van der Waals surface area contributed by atoms with Gasteiger partial charge in [-0.2, -0.15) is 16.8 Å². The molecule has 0 aliphatic carbocycles. The molecule has 0 aliphatic heterocycles. The average molecular weight is 593 g/mol. The molecule has 0 saturated carbocycles. The number of aromatic amines is 1. The lowest BCUT2D eigenvalue weighted by Crippen LogP contribution is -2.44. The summed E-state index contributed by atoms with van der Waals surface area (Å²) in [5, 5.41) is 3.35. The van der Waals surface area contributed by atoms with Crippen molar-refractivity contribution < 1.29 is 25.9 Å². The molecule has 0 saturated heterocycles. The van der Waals surface area contributed by atoms with Crippen molar-refractivity contribution >= 4 is 20.2 Å². The summed E-state index contributed by atoms with van der Waals surface area (Å²) in [6.07, 6.45) is 8.15. The molecule has 4 aromatic rings. The summed E-state index contributed by atoms with van der Waals surface area (Å²) in [7, 11) is -6.07. The van der Waals surface area contributed by atoms with Crippen molar-refractivity contribution in [2.45, 2.75) is 42.5 Å². The molecule has 6 N–H and O–H groups in total. The van der Waals surface area contributed by atoms with Gasteiger partial charge in [-0.1, -0.05) is 35.4 Å². The largest absolute Gasteiger partial charge is 0.347 e. The van der Waals surface area contributed by atoms with Gasteiger partial charge < -0.3 is 20.6 Å². The molecule has 1 atom stereocenters. The number of nitrogens with one attached hydrogen (secondary N) is 2. The van der Waals surface area contributed by atoms with Crippen LogP contribution < -0.4 is 11.1 Å². The third kappa shape index (κ3) is 11.4. The molecule has 0 bridgehead atoms. The van der Waals surface area contributed by atoms with Crippen molar-refractivity contribution in [3.05, 3.63) is 96.1 Å². The molecule has 0 spiro atoms. The van der Waals surface area contributed by atoms with E-state index in [4.69, 9.17) is 14.8 Å². The highest BCUT2D eigenvalue weighted by Crippen LogP contribution is 2.13. The molecular formula is C26H36N6O6S2. The van der Waals surface area contributed by atoms with Crippen LogP contribution in [0.3, 0.4) is 0 Å². The summed E-state index contributed by atoms with van der Waals surface area (Å²) in [6, 6.07) is 12.0. The van der Waals surface area contributed by atoms with Crippen molar-refractivity contribution in [3.8, 4) is 0 Å². The summed E-state index contributed by atoms with van der Waals surface area (Å²) in [4.78, 5) is 11.2. The Kier molecular flexibility index (Phi) is 11.7. The summed E-state index contributed by atoms with van der Waals surface area (Å²) >= 11 is 0. The number of aryl methyl sites for hydroxylation is 3. The second-order valence-corrected chi connectivity index (χ2v) is 12.3. The monoisotopic (exact) mass is 592 g/mol. The first kappa shape index (κ1) is 32.8. The van der Waals surface area contributed by atoms with E-state index in [9.17, 15) is 16.8 Å². The maximum Gasteiger partial charge on any atom is 0.294 e. The van der Waals surface area contributed by atoms with Crippen LogP contribution in [0.4, 0.5) is 0 Å². The number of aromatic nitrogens is 4. The first-order valence-electron chi connectivity index (χ1n) is 12.1. The van der Waals surface area contributed by atoms with E-state index >= 15 is 0 Å². The Bertz CT molecular complexity index is 1460. The molecule has 0 radical (unpaired) electrons. The third-order valence-corrected chi connectivity index (χ3v) is 7.30. The van der Waals surface area contributed by atoms with E-state index < -0.39 is 25.8 Å². The summed E-state index contributed by atoms with van der Waals surface area (Å²) in [6.45, 7) is 7.22. The number of nitrogens with zero attached hydrogens (tertiary/aromatic N) is 3. The Morgan fingerprint density at radius 3 is 1.82 bits per heavy atom. The van der Waals surface area contributed by atoms with E-state index in [1.807, 2.05) is 44.9 Å². The van der Waals surface area contributed by atoms with Gasteiger partial charge in [0.15, 0.2) is 0 Å². The smallest absolute Gasteiger partial charge is 0.294 e. The first-order valence-corrected chi connectivity index (χ1v) is 15.0. The molecule has 40 heavy (non-hydrogen) atoms. The van der Waals surface area contributed by atoms with Crippen LogP contribution >= 0.6 is 0 Å². The molecular weight excluding hydrogens is 556 g/mol. The van der Waals surface area contributed by atoms with Gasteiger partial charge in [0.2, 0.25) is 0 Å². The van der Waals surface area contributed by atoms with Crippen LogP contribution in [-0.2, 0) is 39.2 Å². The Balaban J connectivity index is 0.000000222. The normalized spacial score (nSPS) is 12.9. The number of hydrogen-bond acceptors (Lipinski definition) is 8. The predicted molar refractivity (Wildman–Crippen MR) is 152 cm³/mol. The van der Waals surface area contributed by atoms with E-state index in [1.165, 1.54) is 24.3 Å². The molecule has 14 heteroatoms. The second-order valence-electron chi connectivity index (χ2n) is 9.42. The third-order valence-electron chi connectivity index (χ3n) is 5.56. The predicted octanol–water partition coefficient (Wildman–Crippen LogP) is 2.63. The zero-order chi connectivity index (χ0) is 30.0. The minimum absolute atomic E-state index is 0.0666. The Labute approximate surface area is 235 Å². The molecule has 0 amide bonds. The molecule has 4 rings (SSSR count). The van der Waals surface area contributed by atoms with Gasteiger partial charge in [0.25, 0.3) is 20.2 Å². The van der Waals surface area contributed by atoms with Gasteiger partial charge in [-0.15, -0.1) is 0 Å². The molecule has 2 aromatic heterocycles. The molecule has 2 aromatic carbocycles. The van der Waals surface area contributed by atoms with Gasteiger partial charge in [-0.3, -0.25) is 9.11 Å². The standard InChI is InChI=1S/C12H20N6.2C7H8O3S/c1-12(13,11-5-15-8-16-11)7-14-4-3-10-6-18(2)9-17-10;2*1-6-2-4-7(5-3-6)11(8,9)10/h5-6,8-9,14H,3-4,7,13H2,1-2H3,(H,15,16);2*2-5H,1H3,(H,8,9,10). The summed E-state index contributed by atoms with van der Waals surface area (Å²) < 4.78 is 61.1. The van der Waals surface area contributed by atoms with Gasteiger partial charge in [0.05, 0.1) is 39.4 Å². The minimum Gasteiger partial charge on any atom is -0.347 e. The van der Waals surface area contributed by atoms with E-state index in [2.05, 4.69) is 20.3 Å². The van der Waals surface area contributed by atoms with E-state index in [-0.39, 0.29) is 9.79 Å². The number of benzene rings is 2. The molecule has 0 fully saturated rings. The number of H-pyrrole nitrogens is 1. The fourth-order valence-electron chi connectivity index (χ4n) is 3.24. The maximum absolute atomic E-state index is 10.5. The van der Waals surface area contributed by atoms with Crippen molar-refractivity contribution in [1.82, 2.24) is 24.8 Å². The molecule has 1 unspecified atom stereocenters. The van der Waals surface area contributed by atoms with Gasteiger partial charge in [0.1, 0.15) is 0 Å². The SMILES string of the molecule is Cc1ccc(S(=O)(=O)O)cc1.Cc1ccc(S(=O)(=O)O)cc1.Cn1cnc(CCNCC(C)(N)c2cnc[nH]2)c1. The highest BCUT2D eigenvalue weighted by Gasteiger charge is 2.21.